The van der Waals surface area contributed by atoms with Gasteiger partial charge in [-0.2, -0.15) is 5.10 Å². The highest BCUT2D eigenvalue weighted by Crippen LogP contribution is 2.38. The number of aromatic amines is 1. The maximum Gasteiger partial charge on any atom is 0.168 e. The van der Waals surface area contributed by atoms with Crippen molar-refractivity contribution in [3.8, 4) is 22.8 Å². The van der Waals surface area contributed by atoms with Gasteiger partial charge in [0.1, 0.15) is 11.6 Å². The first-order chi connectivity index (χ1) is 10.1. The predicted octanol–water partition coefficient (Wildman–Crippen LogP) is 4.80. The largest absolute Gasteiger partial charge is 0.454 e. The van der Waals surface area contributed by atoms with Crippen molar-refractivity contribution in [2.24, 2.45) is 0 Å². The van der Waals surface area contributed by atoms with E-state index in [4.69, 9.17) is 16.3 Å². The van der Waals surface area contributed by atoms with E-state index < -0.39 is 11.6 Å². The molecule has 2 aromatic carbocycles. The molecule has 0 saturated heterocycles. The van der Waals surface area contributed by atoms with Crippen LogP contribution in [0, 0.1) is 11.6 Å². The summed E-state index contributed by atoms with van der Waals surface area (Å²) in [5.41, 5.74) is 1.19. The Balaban J connectivity index is 2.05. The fourth-order valence-corrected chi connectivity index (χ4v) is 2.19. The maximum atomic E-state index is 13.7. The van der Waals surface area contributed by atoms with Crippen LogP contribution >= 0.6 is 11.6 Å². The van der Waals surface area contributed by atoms with Crippen LogP contribution in [-0.4, -0.2) is 10.2 Å². The number of nitrogens with one attached hydrogen (secondary N) is 1. The Kier molecular flexibility index (Phi) is 3.58. The van der Waals surface area contributed by atoms with Crippen LogP contribution in [0.25, 0.3) is 11.3 Å². The highest BCUT2D eigenvalue weighted by molar-refractivity contribution is 6.33. The summed E-state index contributed by atoms with van der Waals surface area (Å²) in [6, 6.07) is 9.83. The molecule has 0 aliphatic rings. The lowest BCUT2D eigenvalue weighted by molar-refractivity contribution is 0.439. The highest BCUT2D eigenvalue weighted by Gasteiger charge is 2.14. The van der Waals surface area contributed by atoms with E-state index in [-0.39, 0.29) is 5.75 Å². The molecule has 106 valence electrons. The number of ether oxygens (including phenoxy) is 1. The lowest BCUT2D eigenvalue weighted by atomic mass is 10.1. The molecule has 6 heteroatoms. The standard InChI is InChI=1S/C15H9ClF2N2O/c16-10-2-1-3-14(15(10)12-6-7-19-20-12)21-13-5-4-9(17)8-11(13)18/h1-8H,(H,19,20). The minimum Gasteiger partial charge on any atom is -0.454 e. The van der Waals surface area contributed by atoms with Crippen LogP contribution in [0.5, 0.6) is 11.5 Å². The number of rotatable bonds is 3. The van der Waals surface area contributed by atoms with Crippen molar-refractivity contribution in [3.05, 3.63) is 65.3 Å². The monoisotopic (exact) mass is 306 g/mol. The SMILES string of the molecule is Fc1ccc(Oc2cccc(Cl)c2-c2ccn[nH]2)c(F)c1. The molecule has 0 fully saturated rings. The quantitative estimate of drug-likeness (QED) is 0.754. The van der Waals surface area contributed by atoms with E-state index in [0.717, 1.165) is 12.1 Å². The lowest BCUT2D eigenvalue weighted by Gasteiger charge is -2.12. The van der Waals surface area contributed by atoms with Crippen molar-refractivity contribution in [1.29, 1.82) is 0 Å². The summed E-state index contributed by atoms with van der Waals surface area (Å²) < 4.78 is 32.1. The smallest absolute Gasteiger partial charge is 0.168 e. The number of H-pyrrole nitrogens is 1. The molecule has 0 aliphatic carbocycles. The molecular formula is C15H9ClF2N2O. The number of hydrogen-bond acceptors (Lipinski definition) is 2. The van der Waals surface area contributed by atoms with Gasteiger partial charge in [-0.15, -0.1) is 0 Å². The summed E-state index contributed by atoms with van der Waals surface area (Å²) in [7, 11) is 0. The Morgan fingerprint density at radius 3 is 2.62 bits per heavy atom. The van der Waals surface area contributed by atoms with Crippen molar-refractivity contribution >= 4 is 11.6 Å². The third-order valence-corrected chi connectivity index (χ3v) is 3.17. The Bertz CT molecular complexity index is 775. The van der Waals surface area contributed by atoms with Crippen molar-refractivity contribution in [2.75, 3.05) is 0 Å². The molecule has 0 saturated carbocycles. The zero-order valence-corrected chi connectivity index (χ0v) is 11.4. The van der Waals surface area contributed by atoms with Gasteiger partial charge >= 0.3 is 0 Å². The van der Waals surface area contributed by atoms with Crippen molar-refractivity contribution in [3.63, 3.8) is 0 Å². The number of halogens is 3. The van der Waals surface area contributed by atoms with Crippen LogP contribution in [-0.2, 0) is 0 Å². The van der Waals surface area contributed by atoms with Crippen LogP contribution in [0.1, 0.15) is 0 Å². The lowest BCUT2D eigenvalue weighted by Crippen LogP contribution is -1.93. The molecular weight excluding hydrogens is 298 g/mol. The molecule has 0 atom stereocenters. The van der Waals surface area contributed by atoms with Gasteiger partial charge < -0.3 is 4.74 Å². The van der Waals surface area contributed by atoms with Gasteiger partial charge in [0.2, 0.25) is 0 Å². The third-order valence-electron chi connectivity index (χ3n) is 2.86. The van der Waals surface area contributed by atoms with E-state index in [9.17, 15) is 8.78 Å². The van der Waals surface area contributed by atoms with Crippen LogP contribution in [0.4, 0.5) is 8.78 Å². The van der Waals surface area contributed by atoms with Gasteiger partial charge in [0.05, 0.1) is 16.3 Å². The van der Waals surface area contributed by atoms with Crippen LogP contribution < -0.4 is 4.74 Å². The summed E-state index contributed by atoms with van der Waals surface area (Å²) in [5, 5.41) is 7.06. The number of hydrogen-bond donors (Lipinski definition) is 1. The average Bonchev–Trinajstić information content (AvgIpc) is 2.96. The average molecular weight is 307 g/mol. The van der Waals surface area contributed by atoms with E-state index in [1.54, 1.807) is 30.5 Å². The predicted molar refractivity (Wildman–Crippen MR) is 75.5 cm³/mol. The van der Waals surface area contributed by atoms with E-state index >= 15 is 0 Å². The van der Waals surface area contributed by atoms with Gasteiger partial charge in [-0.05, 0) is 30.3 Å². The molecule has 21 heavy (non-hydrogen) atoms. The minimum absolute atomic E-state index is 0.0839. The Hall–Kier alpha value is -2.40. The maximum absolute atomic E-state index is 13.7. The molecule has 3 nitrogen and oxygen atoms in total. The molecule has 0 amide bonds. The molecule has 3 aromatic rings. The van der Waals surface area contributed by atoms with E-state index in [0.29, 0.717) is 22.0 Å². The topological polar surface area (TPSA) is 37.9 Å². The molecule has 1 aromatic heterocycles. The summed E-state index contributed by atoms with van der Waals surface area (Å²) >= 11 is 6.17. The van der Waals surface area contributed by atoms with Crippen LogP contribution in [0.2, 0.25) is 5.02 Å². The highest BCUT2D eigenvalue weighted by atomic mass is 35.5. The molecule has 0 spiro atoms. The molecule has 0 radical (unpaired) electrons. The van der Waals surface area contributed by atoms with Crippen molar-refractivity contribution in [1.82, 2.24) is 10.2 Å². The second kappa shape index (κ2) is 5.54. The van der Waals surface area contributed by atoms with Gasteiger partial charge in [0.15, 0.2) is 11.6 Å². The zero-order chi connectivity index (χ0) is 14.8. The first-order valence-electron chi connectivity index (χ1n) is 6.06. The van der Waals surface area contributed by atoms with Crippen LogP contribution in [0.3, 0.4) is 0 Å². The molecule has 1 heterocycles. The number of aromatic nitrogens is 2. The molecule has 3 rings (SSSR count). The first-order valence-corrected chi connectivity index (χ1v) is 6.44. The fourth-order valence-electron chi connectivity index (χ4n) is 1.92. The molecule has 0 aliphatic heterocycles. The van der Waals surface area contributed by atoms with Gasteiger partial charge in [-0.25, -0.2) is 8.78 Å². The van der Waals surface area contributed by atoms with Crippen molar-refractivity contribution < 1.29 is 13.5 Å². The third kappa shape index (κ3) is 2.73. The summed E-state index contributed by atoms with van der Waals surface area (Å²) in [6.45, 7) is 0. The Morgan fingerprint density at radius 1 is 1.05 bits per heavy atom. The summed E-state index contributed by atoms with van der Waals surface area (Å²) in [5.74, 6) is -1.19. The van der Waals surface area contributed by atoms with Crippen LogP contribution in [0.15, 0.2) is 48.7 Å². The van der Waals surface area contributed by atoms with Gasteiger partial charge in [-0.1, -0.05) is 17.7 Å². The van der Waals surface area contributed by atoms with E-state index in [2.05, 4.69) is 10.2 Å². The van der Waals surface area contributed by atoms with Crippen molar-refractivity contribution in [2.45, 2.75) is 0 Å². The Morgan fingerprint density at radius 2 is 1.90 bits per heavy atom. The van der Waals surface area contributed by atoms with Gasteiger partial charge in [0, 0.05) is 12.3 Å². The fraction of sp³-hybridized carbons (Fsp3) is 0. The minimum atomic E-state index is -0.787. The molecule has 0 unspecified atom stereocenters. The van der Waals surface area contributed by atoms with Gasteiger partial charge in [0.25, 0.3) is 0 Å². The summed E-state index contributed by atoms with van der Waals surface area (Å²) in [6.07, 6.45) is 1.57. The first kappa shape index (κ1) is 13.6. The number of benzene rings is 2. The van der Waals surface area contributed by atoms with E-state index in [1.807, 2.05) is 0 Å². The van der Waals surface area contributed by atoms with E-state index in [1.165, 1.54) is 6.07 Å². The second-order valence-electron chi connectivity index (χ2n) is 4.26. The normalized spacial score (nSPS) is 10.6. The second-order valence-corrected chi connectivity index (χ2v) is 4.67. The molecule has 0 bridgehead atoms. The zero-order valence-electron chi connectivity index (χ0n) is 10.6. The number of nitrogens with zero attached hydrogens (tertiary/aromatic N) is 1. The van der Waals surface area contributed by atoms with Gasteiger partial charge in [-0.3, -0.25) is 5.10 Å². The molecule has 1 N–H and O–H groups in total. The Labute approximate surface area is 124 Å². The summed E-state index contributed by atoms with van der Waals surface area (Å²) in [4.78, 5) is 0.